The van der Waals surface area contributed by atoms with Gasteiger partial charge < -0.3 is 14.7 Å². The Morgan fingerprint density at radius 1 is 1.56 bits per heavy atom. The van der Waals surface area contributed by atoms with Gasteiger partial charge in [0.1, 0.15) is 5.69 Å². The highest BCUT2D eigenvalue weighted by atomic mass is 16.5. The first-order valence-electron chi connectivity index (χ1n) is 6.17. The van der Waals surface area contributed by atoms with Crippen LogP contribution < -0.4 is 4.74 Å². The van der Waals surface area contributed by atoms with E-state index in [4.69, 9.17) is 4.74 Å². The summed E-state index contributed by atoms with van der Waals surface area (Å²) in [5.74, 6) is 0.302. The summed E-state index contributed by atoms with van der Waals surface area (Å²) in [6.45, 7) is 4.78. The fourth-order valence-electron chi connectivity index (χ4n) is 1.93. The van der Waals surface area contributed by atoms with E-state index in [2.05, 4.69) is 4.98 Å². The molecule has 1 fully saturated rings. The Morgan fingerprint density at radius 3 is 2.94 bits per heavy atom. The van der Waals surface area contributed by atoms with Gasteiger partial charge in [-0.1, -0.05) is 6.07 Å². The lowest BCUT2D eigenvalue weighted by atomic mass is 10.3. The van der Waals surface area contributed by atoms with Crippen LogP contribution in [0, 0.1) is 0 Å². The molecule has 0 radical (unpaired) electrons. The van der Waals surface area contributed by atoms with Crippen molar-refractivity contribution in [3.8, 4) is 5.88 Å². The molecule has 1 atom stereocenters. The summed E-state index contributed by atoms with van der Waals surface area (Å²) in [6, 6.07) is 5.15. The molecule has 1 saturated heterocycles. The van der Waals surface area contributed by atoms with Crippen molar-refractivity contribution >= 4 is 5.91 Å². The number of likely N-dealkylation sites (tertiary alicyclic amines) is 1. The van der Waals surface area contributed by atoms with Crippen molar-refractivity contribution in [2.45, 2.75) is 32.5 Å². The Hall–Kier alpha value is -1.62. The second-order valence-corrected chi connectivity index (χ2v) is 4.72. The number of carbonyl (C=O) groups is 1. The van der Waals surface area contributed by atoms with E-state index in [0.717, 1.165) is 0 Å². The number of hydrogen-bond acceptors (Lipinski definition) is 4. The third kappa shape index (κ3) is 2.98. The van der Waals surface area contributed by atoms with Crippen molar-refractivity contribution in [2.24, 2.45) is 0 Å². The molecule has 0 bridgehead atoms. The van der Waals surface area contributed by atoms with Crippen LogP contribution in [0.5, 0.6) is 5.88 Å². The summed E-state index contributed by atoms with van der Waals surface area (Å²) in [6.07, 6.45) is 0.244. The van der Waals surface area contributed by atoms with Gasteiger partial charge in [0.05, 0.1) is 12.2 Å². The van der Waals surface area contributed by atoms with Crippen molar-refractivity contribution in [2.75, 3.05) is 13.1 Å². The van der Waals surface area contributed by atoms with Crippen molar-refractivity contribution < 1.29 is 14.6 Å². The molecule has 1 aromatic rings. The van der Waals surface area contributed by atoms with Crippen LogP contribution >= 0.6 is 0 Å². The van der Waals surface area contributed by atoms with Gasteiger partial charge in [0, 0.05) is 19.2 Å². The zero-order valence-electron chi connectivity index (χ0n) is 10.7. The van der Waals surface area contributed by atoms with Crippen LogP contribution in [0.15, 0.2) is 18.2 Å². The zero-order chi connectivity index (χ0) is 13.1. The van der Waals surface area contributed by atoms with E-state index in [1.54, 1.807) is 23.1 Å². The number of amides is 1. The van der Waals surface area contributed by atoms with E-state index in [1.165, 1.54) is 0 Å². The van der Waals surface area contributed by atoms with E-state index >= 15 is 0 Å². The normalized spacial score (nSPS) is 19.3. The van der Waals surface area contributed by atoms with Gasteiger partial charge in [0.25, 0.3) is 5.91 Å². The molecule has 0 spiro atoms. The summed E-state index contributed by atoms with van der Waals surface area (Å²) in [4.78, 5) is 17.9. The van der Waals surface area contributed by atoms with E-state index < -0.39 is 6.10 Å². The van der Waals surface area contributed by atoms with E-state index in [-0.39, 0.29) is 12.0 Å². The van der Waals surface area contributed by atoms with Gasteiger partial charge >= 0.3 is 0 Å². The Bertz CT molecular complexity index is 434. The quantitative estimate of drug-likeness (QED) is 0.871. The number of ether oxygens (including phenoxy) is 1. The van der Waals surface area contributed by atoms with E-state index in [0.29, 0.717) is 31.1 Å². The topological polar surface area (TPSA) is 62.7 Å². The maximum Gasteiger partial charge on any atom is 0.272 e. The van der Waals surface area contributed by atoms with Gasteiger partial charge in [0.15, 0.2) is 0 Å². The number of pyridine rings is 1. The average Bonchev–Trinajstić information content (AvgIpc) is 2.74. The molecule has 0 aliphatic carbocycles. The summed E-state index contributed by atoms with van der Waals surface area (Å²) >= 11 is 0. The highest BCUT2D eigenvalue weighted by molar-refractivity contribution is 5.92. The minimum Gasteiger partial charge on any atom is -0.475 e. The zero-order valence-corrected chi connectivity index (χ0v) is 10.7. The molecule has 1 N–H and O–H groups in total. The molecular formula is C13H18N2O3. The monoisotopic (exact) mass is 250 g/mol. The molecule has 1 aliphatic rings. The van der Waals surface area contributed by atoms with Crippen LogP contribution in [0.2, 0.25) is 0 Å². The lowest BCUT2D eigenvalue weighted by Crippen LogP contribution is -2.30. The van der Waals surface area contributed by atoms with Gasteiger partial charge in [0.2, 0.25) is 5.88 Å². The molecular weight excluding hydrogens is 232 g/mol. The van der Waals surface area contributed by atoms with Crippen LogP contribution in [0.1, 0.15) is 30.8 Å². The molecule has 2 heterocycles. The lowest BCUT2D eigenvalue weighted by Gasteiger charge is -2.15. The van der Waals surface area contributed by atoms with Crippen LogP contribution in [0.4, 0.5) is 0 Å². The third-order valence-electron chi connectivity index (χ3n) is 2.75. The summed E-state index contributed by atoms with van der Waals surface area (Å²) in [5.41, 5.74) is 0.363. The predicted molar refractivity (Wildman–Crippen MR) is 66.5 cm³/mol. The maximum absolute atomic E-state index is 12.1. The fraction of sp³-hybridized carbons (Fsp3) is 0.538. The highest BCUT2D eigenvalue weighted by Crippen LogP contribution is 2.15. The molecule has 0 aromatic carbocycles. The molecule has 5 nitrogen and oxygen atoms in total. The summed E-state index contributed by atoms with van der Waals surface area (Å²) in [7, 11) is 0. The van der Waals surface area contributed by atoms with Crippen molar-refractivity contribution in [3.05, 3.63) is 23.9 Å². The van der Waals surface area contributed by atoms with E-state index in [9.17, 15) is 9.90 Å². The van der Waals surface area contributed by atoms with Crippen molar-refractivity contribution in [3.63, 3.8) is 0 Å². The fourth-order valence-corrected chi connectivity index (χ4v) is 1.93. The van der Waals surface area contributed by atoms with Gasteiger partial charge in [-0.25, -0.2) is 4.98 Å². The van der Waals surface area contributed by atoms with Gasteiger partial charge in [-0.2, -0.15) is 0 Å². The second kappa shape index (κ2) is 5.35. The number of carbonyl (C=O) groups excluding carboxylic acids is 1. The molecule has 0 unspecified atom stereocenters. The van der Waals surface area contributed by atoms with Crippen molar-refractivity contribution in [1.82, 2.24) is 9.88 Å². The number of aromatic nitrogens is 1. The second-order valence-electron chi connectivity index (χ2n) is 4.72. The smallest absolute Gasteiger partial charge is 0.272 e. The van der Waals surface area contributed by atoms with Gasteiger partial charge in [-0.15, -0.1) is 0 Å². The maximum atomic E-state index is 12.1. The van der Waals surface area contributed by atoms with Crippen LogP contribution in [-0.2, 0) is 0 Å². The summed E-state index contributed by atoms with van der Waals surface area (Å²) < 4.78 is 5.46. The summed E-state index contributed by atoms with van der Waals surface area (Å²) in [5, 5.41) is 9.43. The number of aliphatic hydroxyl groups is 1. The predicted octanol–water partition coefficient (Wildman–Crippen LogP) is 1.08. The number of rotatable bonds is 3. The van der Waals surface area contributed by atoms with Crippen molar-refractivity contribution in [1.29, 1.82) is 0 Å². The first-order chi connectivity index (χ1) is 8.56. The minimum absolute atomic E-state index is 0.0245. The Balaban J connectivity index is 2.10. The molecule has 2 rings (SSSR count). The first kappa shape index (κ1) is 12.8. The molecule has 98 valence electrons. The number of nitrogens with zero attached hydrogens (tertiary/aromatic N) is 2. The number of aliphatic hydroxyl groups excluding tert-OH is 1. The van der Waals surface area contributed by atoms with E-state index in [1.807, 2.05) is 13.8 Å². The Labute approximate surface area is 106 Å². The van der Waals surface area contributed by atoms with Crippen LogP contribution in [-0.4, -0.2) is 46.2 Å². The first-order valence-corrected chi connectivity index (χ1v) is 6.17. The number of β-amino-alcohol motifs (C(OH)–C–C–N with tert-alkyl or cyclic N) is 1. The average molecular weight is 250 g/mol. The lowest BCUT2D eigenvalue weighted by molar-refractivity contribution is 0.0757. The highest BCUT2D eigenvalue weighted by Gasteiger charge is 2.26. The Kier molecular flexibility index (Phi) is 3.81. The van der Waals surface area contributed by atoms with Crippen LogP contribution in [0.25, 0.3) is 0 Å². The third-order valence-corrected chi connectivity index (χ3v) is 2.75. The minimum atomic E-state index is -0.413. The molecule has 18 heavy (non-hydrogen) atoms. The Morgan fingerprint density at radius 2 is 2.33 bits per heavy atom. The molecule has 1 aromatic heterocycles. The largest absolute Gasteiger partial charge is 0.475 e. The SMILES string of the molecule is CC(C)Oc1cccc(C(=O)N2CC[C@@H](O)C2)n1. The van der Waals surface area contributed by atoms with Crippen LogP contribution in [0.3, 0.4) is 0 Å². The van der Waals surface area contributed by atoms with Gasteiger partial charge in [-0.3, -0.25) is 4.79 Å². The molecule has 5 heteroatoms. The molecule has 0 saturated carbocycles. The molecule has 1 aliphatic heterocycles. The van der Waals surface area contributed by atoms with Gasteiger partial charge in [-0.05, 0) is 26.3 Å². The standard InChI is InChI=1S/C13H18N2O3/c1-9(2)18-12-5-3-4-11(14-12)13(17)15-7-6-10(16)8-15/h3-5,9-10,16H,6-8H2,1-2H3/t10-/m1/s1. The number of hydrogen-bond donors (Lipinski definition) is 1. The molecule has 1 amide bonds.